The van der Waals surface area contributed by atoms with Crippen molar-refractivity contribution in [2.45, 2.75) is 39.2 Å². The average molecular weight is 254 g/mol. The van der Waals surface area contributed by atoms with Crippen molar-refractivity contribution in [2.75, 3.05) is 7.11 Å². The monoisotopic (exact) mass is 254 g/mol. The van der Waals surface area contributed by atoms with E-state index in [0.717, 1.165) is 6.42 Å². The molecular weight excluding hydrogens is 236 g/mol. The van der Waals surface area contributed by atoms with Gasteiger partial charge >= 0.3 is 5.97 Å². The van der Waals surface area contributed by atoms with Crippen LogP contribution in [0.4, 0.5) is 0 Å². The molecule has 6 heteroatoms. The number of hydrogen-bond acceptors (Lipinski definition) is 5. The van der Waals surface area contributed by atoms with Gasteiger partial charge in [-0.25, -0.2) is 9.78 Å². The second-order valence-electron chi connectivity index (χ2n) is 4.29. The standard InChI is InChI=1S/C12H18N2O4/c1-5-6-12(3,11(16)17-4)14-10(15)9-8(2)13-7-18-9/h7H,5-6H2,1-4H3,(H,14,15). The summed E-state index contributed by atoms with van der Waals surface area (Å²) in [5, 5.41) is 2.64. The van der Waals surface area contributed by atoms with Gasteiger partial charge in [-0.3, -0.25) is 4.79 Å². The van der Waals surface area contributed by atoms with Crippen molar-refractivity contribution < 1.29 is 18.7 Å². The van der Waals surface area contributed by atoms with E-state index in [1.807, 2.05) is 6.92 Å². The van der Waals surface area contributed by atoms with Gasteiger partial charge in [0, 0.05) is 0 Å². The fourth-order valence-corrected chi connectivity index (χ4v) is 1.77. The van der Waals surface area contributed by atoms with Crippen molar-refractivity contribution in [3.63, 3.8) is 0 Å². The molecule has 0 aromatic carbocycles. The fraction of sp³-hybridized carbons (Fsp3) is 0.583. The first-order valence-electron chi connectivity index (χ1n) is 5.75. The smallest absolute Gasteiger partial charge is 0.331 e. The van der Waals surface area contributed by atoms with E-state index >= 15 is 0 Å². The molecule has 1 rings (SSSR count). The molecule has 18 heavy (non-hydrogen) atoms. The Morgan fingerprint density at radius 2 is 2.22 bits per heavy atom. The predicted octanol–water partition coefficient (Wildman–Crippen LogP) is 1.44. The van der Waals surface area contributed by atoms with Crippen molar-refractivity contribution in [3.8, 4) is 0 Å². The van der Waals surface area contributed by atoms with Gasteiger partial charge in [-0.05, 0) is 20.3 Å². The number of aromatic nitrogens is 1. The predicted molar refractivity (Wildman–Crippen MR) is 64.0 cm³/mol. The van der Waals surface area contributed by atoms with E-state index in [1.165, 1.54) is 13.5 Å². The Morgan fingerprint density at radius 1 is 1.56 bits per heavy atom. The van der Waals surface area contributed by atoms with E-state index in [9.17, 15) is 9.59 Å². The molecule has 0 radical (unpaired) electrons. The lowest BCUT2D eigenvalue weighted by Gasteiger charge is -2.27. The number of nitrogens with zero attached hydrogens (tertiary/aromatic N) is 1. The molecule has 1 unspecified atom stereocenters. The molecule has 1 N–H and O–H groups in total. The summed E-state index contributed by atoms with van der Waals surface area (Å²) in [5.41, 5.74) is -0.573. The summed E-state index contributed by atoms with van der Waals surface area (Å²) in [6.45, 7) is 5.21. The third kappa shape index (κ3) is 2.88. The average Bonchev–Trinajstić information content (AvgIpc) is 2.74. The van der Waals surface area contributed by atoms with Crippen molar-refractivity contribution in [1.29, 1.82) is 0 Å². The highest BCUT2D eigenvalue weighted by Crippen LogP contribution is 2.16. The van der Waals surface area contributed by atoms with Crippen molar-refractivity contribution in [3.05, 3.63) is 17.8 Å². The molecule has 0 aliphatic rings. The van der Waals surface area contributed by atoms with Crippen LogP contribution >= 0.6 is 0 Å². The Hall–Kier alpha value is -1.85. The minimum absolute atomic E-state index is 0.112. The molecule has 0 saturated heterocycles. The van der Waals surface area contributed by atoms with Gasteiger partial charge in [-0.1, -0.05) is 13.3 Å². The second kappa shape index (κ2) is 5.66. The maximum atomic E-state index is 12.0. The van der Waals surface area contributed by atoms with Crippen LogP contribution in [0.25, 0.3) is 0 Å². The highest BCUT2D eigenvalue weighted by atomic mass is 16.5. The van der Waals surface area contributed by atoms with Crippen LogP contribution in [0, 0.1) is 6.92 Å². The van der Waals surface area contributed by atoms with Gasteiger partial charge in [-0.15, -0.1) is 0 Å². The number of carbonyl (C=O) groups excluding carboxylic acids is 2. The molecule has 0 aliphatic carbocycles. The van der Waals surface area contributed by atoms with Crippen LogP contribution < -0.4 is 5.32 Å². The molecule has 1 aromatic heterocycles. The summed E-state index contributed by atoms with van der Waals surface area (Å²) in [5.74, 6) is -0.831. The third-order valence-corrected chi connectivity index (χ3v) is 2.73. The summed E-state index contributed by atoms with van der Waals surface area (Å²) < 4.78 is 9.70. The van der Waals surface area contributed by atoms with Crippen molar-refractivity contribution in [1.82, 2.24) is 10.3 Å². The zero-order valence-electron chi connectivity index (χ0n) is 11.1. The number of aryl methyl sites for hydroxylation is 1. The Bertz CT molecular complexity index is 441. The maximum Gasteiger partial charge on any atom is 0.331 e. The van der Waals surface area contributed by atoms with Gasteiger partial charge in [-0.2, -0.15) is 0 Å². The van der Waals surface area contributed by atoms with Crippen LogP contribution in [0.5, 0.6) is 0 Å². The van der Waals surface area contributed by atoms with Crippen molar-refractivity contribution in [2.24, 2.45) is 0 Å². The molecule has 0 fully saturated rings. The number of oxazole rings is 1. The summed E-state index contributed by atoms with van der Waals surface area (Å²) >= 11 is 0. The number of carbonyl (C=O) groups is 2. The van der Waals surface area contributed by atoms with Crippen molar-refractivity contribution >= 4 is 11.9 Å². The molecule has 1 amide bonds. The lowest BCUT2D eigenvalue weighted by atomic mass is 9.96. The van der Waals surface area contributed by atoms with Gasteiger partial charge in [0.25, 0.3) is 5.91 Å². The van der Waals surface area contributed by atoms with Gasteiger partial charge in [0.15, 0.2) is 6.39 Å². The van der Waals surface area contributed by atoms with Gasteiger partial charge < -0.3 is 14.5 Å². The molecule has 0 bridgehead atoms. The molecule has 0 saturated carbocycles. The SMILES string of the molecule is CCCC(C)(NC(=O)c1ocnc1C)C(=O)OC. The van der Waals surface area contributed by atoms with Crippen LogP contribution in [0.3, 0.4) is 0 Å². The number of esters is 1. The minimum atomic E-state index is -1.06. The molecule has 1 atom stereocenters. The van der Waals surface area contributed by atoms with E-state index in [0.29, 0.717) is 12.1 Å². The normalized spacial score (nSPS) is 13.8. The van der Waals surface area contributed by atoms with Crippen LogP contribution in [0.1, 0.15) is 42.9 Å². The largest absolute Gasteiger partial charge is 0.467 e. The molecule has 1 heterocycles. The zero-order valence-corrected chi connectivity index (χ0v) is 11.1. The number of hydrogen-bond donors (Lipinski definition) is 1. The molecule has 1 aromatic rings. The van der Waals surface area contributed by atoms with Crippen LogP contribution in [-0.2, 0) is 9.53 Å². The van der Waals surface area contributed by atoms with E-state index in [1.54, 1.807) is 13.8 Å². The third-order valence-electron chi connectivity index (χ3n) is 2.73. The first-order valence-corrected chi connectivity index (χ1v) is 5.75. The van der Waals surface area contributed by atoms with E-state index in [4.69, 9.17) is 9.15 Å². The molecular formula is C12H18N2O4. The quantitative estimate of drug-likeness (QED) is 0.804. The Kier molecular flexibility index (Phi) is 4.47. The Balaban J connectivity index is 2.88. The van der Waals surface area contributed by atoms with Crippen LogP contribution in [0.2, 0.25) is 0 Å². The number of nitrogens with one attached hydrogen (secondary N) is 1. The first-order chi connectivity index (χ1) is 8.44. The Labute approximate surface area is 106 Å². The van der Waals surface area contributed by atoms with Gasteiger partial charge in [0.05, 0.1) is 12.8 Å². The Morgan fingerprint density at radius 3 is 2.67 bits per heavy atom. The lowest BCUT2D eigenvalue weighted by Crippen LogP contribution is -2.52. The van der Waals surface area contributed by atoms with Gasteiger partial charge in [0.1, 0.15) is 5.54 Å². The minimum Gasteiger partial charge on any atom is -0.467 e. The fourth-order valence-electron chi connectivity index (χ4n) is 1.77. The maximum absolute atomic E-state index is 12.0. The number of ether oxygens (including phenoxy) is 1. The highest BCUT2D eigenvalue weighted by Gasteiger charge is 2.36. The highest BCUT2D eigenvalue weighted by molar-refractivity contribution is 5.96. The summed E-state index contributed by atoms with van der Waals surface area (Å²) in [7, 11) is 1.29. The number of methoxy groups -OCH3 is 1. The zero-order chi connectivity index (χ0) is 13.8. The molecule has 100 valence electrons. The second-order valence-corrected chi connectivity index (χ2v) is 4.29. The molecule has 0 aliphatic heterocycles. The number of rotatable bonds is 5. The van der Waals surface area contributed by atoms with Crippen LogP contribution in [-0.4, -0.2) is 29.5 Å². The first kappa shape index (κ1) is 14.2. The van der Waals surface area contributed by atoms with E-state index < -0.39 is 17.4 Å². The van der Waals surface area contributed by atoms with E-state index in [-0.39, 0.29) is 5.76 Å². The molecule has 6 nitrogen and oxygen atoms in total. The summed E-state index contributed by atoms with van der Waals surface area (Å²) in [4.78, 5) is 27.6. The summed E-state index contributed by atoms with van der Waals surface area (Å²) in [6.07, 6.45) is 2.42. The molecule has 0 spiro atoms. The van der Waals surface area contributed by atoms with Crippen LogP contribution in [0.15, 0.2) is 10.8 Å². The van der Waals surface area contributed by atoms with E-state index in [2.05, 4.69) is 10.3 Å². The lowest BCUT2D eigenvalue weighted by molar-refractivity contribution is -0.147. The summed E-state index contributed by atoms with van der Waals surface area (Å²) in [6, 6.07) is 0. The van der Waals surface area contributed by atoms with Gasteiger partial charge in [0.2, 0.25) is 5.76 Å². The number of amides is 1. The topological polar surface area (TPSA) is 81.4 Å².